The highest BCUT2D eigenvalue weighted by Crippen LogP contribution is 2.30. The highest BCUT2D eigenvalue weighted by atomic mass is 19.3. The van der Waals surface area contributed by atoms with Crippen molar-refractivity contribution in [1.82, 2.24) is 15.5 Å². The molecular formula is C23H24F3N3O4. The number of benzene rings is 2. The number of urea groups is 1. The lowest BCUT2D eigenvalue weighted by Crippen LogP contribution is -2.44. The number of hydrogen-bond donors (Lipinski definition) is 2. The van der Waals surface area contributed by atoms with E-state index in [1.807, 2.05) is 13.8 Å². The van der Waals surface area contributed by atoms with E-state index in [4.69, 9.17) is 0 Å². The van der Waals surface area contributed by atoms with Gasteiger partial charge in [0.05, 0.1) is 6.04 Å². The molecule has 0 aliphatic carbocycles. The monoisotopic (exact) mass is 463 g/mol. The Balaban J connectivity index is 1.72. The molecule has 0 aromatic heterocycles. The molecule has 1 heterocycles. The lowest BCUT2D eigenvalue weighted by Gasteiger charge is -2.25. The third-order valence-electron chi connectivity index (χ3n) is 5.45. The summed E-state index contributed by atoms with van der Waals surface area (Å²) < 4.78 is 42.3. The van der Waals surface area contributed by atoms with Gasteiger partial charge < -0.3 is 15.4 Å². The third-order valence-corrected chi connectivity index (χ3v) is 5.45. The topological polar surface area (TPSA) is 87.7 Å². The normalized spacial score (nSPS) is 19.1. The van der Waals surface area contributed by atoms with Crippen molar-refractivity contribution in [1.29, 1.82) is 0 Å². The van der Waals surface area contributed by atoms with E-state index in [1.54, 1.807) is 12.1 Å². The molecule has 33 heavy (non-hydrogen) atoms. The van der Waals surface area contributed by atoms with Gasteiger partial charge in [0.2, 0.25) is 5.91 Å². The van der Waals surface area contributed by atoms with Crippen molar-refractivity contribution in [3.8, 4) is 5.75 Å². The van der Waals surface area contributed by atoms with Crippen LogP contribution < -0.4 is 15.4 Å². The van der Waals surface area contributed by atoms with E-state index in [1.165, 1.54) is 43.3 Å². The number of nitrogens with one attached hydrogen (secondary N) is 2. The van der Waals surface area contributed by atoms with Crippen LogP contribution in [0, 0.1) is 11.7 Å². The molecule has 1 saturated heterocycles. The lowest BCUT2D eigenvalue weighted by atomic mass is 9.92. The van der Waals surface area contributed by atoms with E-state index in [9.17, 15) is 27.6 Å². The first-order valence-electron chi connectivity index (χ1n) is 10.3. The summed E-state index contributed by atoms with van der Waals surface area (Å²) in [4.78, 5) is 39.0. The van der Waals surface area contributed by atoms with Gasteiger partial charge in [-0.05, 0) is 48.2 Å². The van der Waals surface area contributed by atoms with Crippen LogP contribution in [0.2, 0.25) is 0 Å². The molecule has 4 amide bonds. The van der Waals surface area contributed by atoms with Gasteiger partial charge in [0.25, 0.3) is 5.91 Å². The fourth-order valence-electron chi connectivity index (χ4n) is 3.67. The Morgan fingerprint density at radius 2 is 1.70 bits per heavy atom. The SMILES string of the molecule is CC(C)C(NC(=O)CN1C(=O)NC(C)(c2ccc(OC(F)F)cc2)C1=O)c1ccc(F)cc1. The number of amides is 4. The van der Waals surface area contributed by atoms with Crippen LogP contribution in [0.1, 0.15) is 37.9 Å². The zero-order valence-electron chi connectivity index (χ0n) is 18.3. The standard InChI is InChI=1S/C23H24F3N3O4/c1-13(2)19(14-4-8-16(24)9-5-14)27-18(30)12-29-20(31)23(3,28-22(29)32)15-6-10-17(11-7-15)33-21(25)26/h4-11,13,19,21H,12H2,1-3H3,(H,27,30)(H,28,32). The van der Waals surface area contributed by atoms with Crippen molar-refractivity contribution in [3.05, 3.63) is 65.5 Å². The van der Waals surface area contributed by atoms with Gasteiger partial charge >= 0.3 is 12.6 Å². The first-order chi connectivity index (χ1) is 15.5. The predicted molar refractivity (Wildman–Crippen MR) is 113 cm³/mol. The first-order valence-corrected chi connectivity index (χ1v) is 10.3. The van der Waals surface area contributed by atoms with Gasteiger partial charge in [0.15, 0.2) is 0 Å². The van der Waals surface area contributed by atoms with Crippen LogP contribution in [-0.4, -0.2) is 35.9 Å². The number of carbonyl (C=O) groups excluding carboxylic acids is 3. The summed E-state index contributed by atoms with van der Waals surface area (Å²) in [5.41, 5.74) is -0.445. The molecule has 1 fully saturated rings. The molecule has 2 atom stereocenters. The average molecular weight is 463 g/mol. The summed E-state index contributed by atoms with van der Waals surface area (Å²) in [6.07, 6.45) is 0. The first kappa shape index (κ1) is 24.1. The predicted octanol–water partition coefficient (Wildman–Crippen LogP) is 3.71. The lowest BCUT2D eigenvalue weighted by molar-refractivity contribution is -0.135. The van der Waals surface area contributed by atoms with Crippen molar-refractivity contribution in [2.75, 3.05) is 6.54 Å². The molecule has 176 valence electrons. The molecule has 10 heteroatoms. The van der Waals surface area contributed by atoms with Crippen molar-refractivity contribution in [3.63, 3.8) is 0 Å². The summed E-state index contributed by atoms with van der Waals surface area (Å²) in [6, 6.07) is 9.80. The molecule has 7 nitrogen and oxygen atoms in total. The minimum Gasteiger partial charge on any atom is -0.435 e. The molecule has 1 aliphatic heterocycles. The molecule has 3 rings (SSSR count). The molecule has 2 N–H and O–H groups in total. The second-order valence-corrected chi connectivity index (χ2v) is 8.19. The largest absolute Gasteiger partial charge is 0.435 e. The molecular weight excluding hydrogens is 439 g/mol. The molecule has 2 aromatic carbocycles. The average Bonchev–Trinajstić information content (AvgIpc) is 2.96. The summed E-state index contributed by atoms with van der Waals surface area (Å²) in [5.74, 6) is -1.76. The maximum atomic E-state index is 13.2. The van der Waals surface area contributed by atoms with Crippen LogP contribution in [0.3, 0.4) is 0 Å². The van der Waals surface area contributed by atoms with E-state index in [-0.39, 0.29) is 11.7 Å². The molecule has 2 unspecified atom stereocenters. The molecule has 0 bridgehead atoms. The van der Waals surface area contributed by atoms with Crippen molar-refractivity contribution in [2.45, 2.75) is 39.0 Å². The van der Waals surface area contributed by atoms with Gasteiger partial charge in [-0.2, -0.15) is 8.78 Å². The highest BCUT2D eigenvalue weighted by Gasteiger charge is 2.49. The fraction of sp³-hybridized carbons (Fsp3) is 0.348. The second-order valence-electron chi connectivity index (χ2n) is 8.19. The Hall–Kier alpha value is -3.56. The van der Waals surface area contributed by atoms with Crippen LogP contribution >= 0.6 is 0 Å². The number of ether oxygens (including phenoxy) is 1. The van der Waals surface area contributed by atoms with Gasteiger partial charge in [-0.3, -0.25) is 14.5 Å². The van der Waals surface area contributed by atoms with E-state index >= 15 is 0 Å². The van der Waals surface area contributed by atoms with Gasteiger partial charge in [-0.25, -0.2) is 9.18 Å². The third kappa shape index (κ3) is 5.27. The Labute approximate surface area is 188 Å². The number of halogens is 3. The van der Waals surface area contributed by atoms with E-state index in [2.05, 4.69) is 15.4 Å². The maximum absolute atomic E-state index is 13.2. The summed E-state index contributed by atoms with van der Waals surface area (Å²) in [6.45, 7) is 1.71. The zero-order valence-corrected chi connectivity index (χ0v) is 18.3. The minimum atomic E-state index is -2.99. The van der Waals surface area contributed by atoms with Crippen molar-refractivity contribution < 1.29 is 32.3 Å². The zero-order chi connectivity index (χ0) is 24.3. The number of imide groups is 1. The molecule has 2 aromatic rings. The van der Waals surface area contributed by atoms with Crippen molar-refractivity contribution >= 4 is 17.8 Å². The smallest absolute Gasteiger partial charge is 0.387 e. The van der Waals surface area contributed by atoms with Crippen LogP contribution in [0.5, 0.6) is 5.75 Å². The van der Waals surface area contributed by atoms with Crippen LogP contribution in [-0.2, 0) is 15.1 Å². The Kier molecular flexibility index (Phi) is 6.95. The van der Waals surface area contributed by atoms with E-state index < -0.39 is 48.4 Å². The molecule has 0 radical (unpaired) electrons. The van der Waals surface area contributed by atoms with Gasteiger partial charge in [0, 0.05) is 0 Å². The summed E-state index contributed by atoms with van der Waals surface area (Å²) in [7, 11) is 0. The Morgan fingerprint density at radius 1 is 1.09 bits per heavy atom. The van der Waals surface area contributed by atoms with E-state index in [0.717, 1.165) is 4.90 Å². The fourth-order valence-corrected chi connectivity index (χ4v) is 3.67. The van der Waals surface area contributed by atoms with Gasteiger partial charge in [-0.15, -0.1) is 0 Å². The quantitative estimate of drug-likeness (QED) is 0.585. The number of alkyl halides is 2. The van der Waals surface area contributed by atoms with Crippen LogP contribution in [0.15, 0.2) is 48.5 Å². The molecule has 0 spiro atoms. The maximum Gasteiger partial charge on any atom is 0.387 e. The molecule has 1 aliphatic rings. The van der Waals surface area contributed by atoms with Gasteiger partial charge in [0.1, 0.15) is 23.7 Å². The number of hydrogen-bond acceptors (Lipinski definition) is 4. The van der Waals surface area contributed by atoms with Crippen LogP contribution in [0.4, 0.5) is 18.0 Å². The van der Waals surface area contributed by atoms with Gasteiger partial charge in [-0.1, -0.05) is 38.1 Å². The number of nitrogens with zero attached hydrogens (tertiary/aromatic N) is 1. The minimum absolute atomic E-state index is 0.0400. The molecule has 0 saturated carbocycles. The van der Waals surface area contributed by atoms with E-state index in [0.29, 0.717) is 11.1 Å². The number of rotatable bonds is 8. The highest BCUT2D eigenvalue weighted by molar-refractivity contribution is 6.09. The second kappa shape index (κ2) is 9.51. The van der Waals surface area contributed by atoms with Crippen molar-refractivity contribution in [2.24, 2.45) is 5.92 Å². The summed E-state index contributed by atoms with van der Waals surface area (Å²) >= 11 is 0. The Morgan fingerprint density at radius 3 is 2.24 bits per heavy atom. The Bertz CT molecular complexity index is 1030. The van der Waals surface area contributed by atoms with Crippen LogP contribution in [0.25, 0.3) is 0 Å². The summed E-state index contributed by atoms with van der Waals surface area (Å²) in [5, 5.41) is 5.34. The number of carbonyl (C=O) groups is 3.